The number of hydrogen-bond donors (Lipinski definition) is 1. The van der Waals surface area contributed by atoms with Crippen molar-refractivity contribution < 1.29 is 13.2 Å². The van der Waals surface area contributed by atoms with Gasteiger partial charge in [-0.15, -0.1) is 0 Å². The highest BCUT2D eigenvalue weighted by Gasteiger charge is 2.19. The number of fused-ring (bicyclic) bond motifs is 1. The zero-order valence-electron chi connectivity index (χ0n) is 15.1. The van der Waals surface area contributed by atoms with E-state index in [1.165, 1.54) is 0 Å². The third kappa shape index (κ3) is 3.85. The summed E-state index contributed by atoms with van der Waals surface area (Å²) in [6.07, 6.45) is 0. The topological polar surface area (TPSA) is 55.4 Å². The second-order valence-corrected chi connectivity index (χ2v) is 8.00. The molecule has 4 rings (SSSR count). The average molecular weight is 389 g/mol. The number of anilines is 1. The van der Waals surface area contributed by atoms with Crippen molar-refractivity contribution in [2.24, 2.45) is 0 Å². The maximum absolute atomic E-state index is 13.0. The molecule has 0 fully saturated rings. The van der Waals surface area contributed by atoms with Crippen LogP contribution in [0.5, 0.6) is 5.75 Å². The van der Waals surface area contributed by atoms with E-state index in [9.17, 15) is 8.42 Å². The number of para-hydroxylation sites is 1. The number of rotatable bonds is 6. The van der Waals surface area contributed by atoms with Gasteiger partial charge in [0.2, 0.25) is 0 Å². The SMILES string of the molecule is O=S(=O)(Nc1ccccc1)c1ccc(OCc2ccccc2)c2ccccc12. The first kappa shape index (κ1) is 18.1. The molecule has 0 heterocycles. The van der Waals surface area contributed by atoms with E-state index in [-0.39, 0.29) is 4.90 Å². The predicted molar refractivity (Wildman–Crippen MR) is 112 cm³/mol. The fourth-order valence-electron chi connectivity index (χ4n) is 3.06. The van der Waals surface area contributed by atoms with Crippen LogP contribution in [-0.2, 0) is 16.6 Å². The summed E-state index contributed by atoms with van der Waals surface area (Å²) in [5, 5.41) is 1.38. The molecule has 5 heteroatoms. The molecule has 0 saturated heterocycles. The van der Waals surface area contributed by atoms with Crippen molar-refractivity contribution in [3.63, 3.8) is 0 Å². The summed E-state index contributed by atoms with van der Waals surface area (Å²) >= 11 is 0. The van der Waals surface area contributed by atoms with Gasteiger partial charge < -0.3 is 4.74 Å². The predicted octanol–water partition coefficient (Wildman–Crippen LogP) is 5.22. The van der Waals surface area contributed by atoms with Crippen molar-refractivity contribution in [3.8, 4) is 5.75 Å². The van der Waals surface area contributed by atoms with E-state index in [1.54, 1.807) is 42.5 Å². The lowest BCUT2D eigenvalue weighted by Crippen LogP contribution is -2.13. The average Bonchev–Trinajstić information content (AvgIpc) is 2.73. The summed E-state index contributed by atoms with van der Waals surface area (Å²) in [7, 11) is -3.73. The fourth-order valence-corrected chi connectivity index (χ4v) is 4.33. The Balaban J connectivity index is 1.69. The lowest BCUT2D eigenvalue weighted by atomic mass is 10.1. The van der Waals surface area contributed by atoms with E-state index in [2.05, 4.69) is 4.72 Å². The first-order valence-electron chi connectivity index (χ1n) is 8.90. The van der Waals surface area contributed by atoms with Gasteiger partial charge in [-0.1, -0.05) is 72.8 Å². The molecule has 4 aromatic carbocycles. The van der Waals surface area contributed by atoms with Crippen molar-refractivity contribution in [2.45, 2.75) is 11.5 Å². The first-order chi connectivity index (χ1) is 13.6. The Morgan fingerprint density at radius 3 is 2.00 bits per heavy atom. The van der Waals surface area contributed by atoms with E-state index >= 15 is 0 Å². The minimum absolute atomic E-state index is 0.221. The van der Waals surface area contributed by atoms with Gasteiger partial charge >= 0.3 is 0 Å². The molecular formula is C23H19NO3S. The maximum atomic E-state index is 13.0. The van der Waals surface area contributed by atoms with Gasteiger partial charge in [0, 0.05) is 16.5 Å². The summed E-state index contributed by atoms with van der Waals surface area (Å²) < 4.78 is 34.5. The van der Waals surface area contributed by atoms with Crippen LogP contribution in [-0.4, -0.2) is 8.42 Å². The van der Waals surface area contributed by atoms with Crippen LogP contribution >= 0.6 is 0 Å². The van der Waals surface area contributed by atoms with Crippen LogP contribution in [0.15, 0.2) is 102 Å². The van der Waals surface area contributed by atoms with Crippen LogP contribution in [0, 0.1) is 0 Å². The third-order valence-corrected chi connectivity index (χ3v) is 5.84. The molecule has 0 atom stereocenters. The number of benzene rings is 4. The Labute approximate surface area is 164 Å². The van der Waals surface area contributed by atoms with Crippen LogP contribution in [0.3, 0.4) is 0 Å². The third-order valence-electron chi connectivity index (χ3n) is 4.40. The number of nitrogens with one attached hydrogen (secondary N) is 1. The molecule has 4 nitrogen and oxygen atoms in total. The molecule has 0 amide bonds. The van der Waals surface area contributed by atoms with E-state index in [4.69, 9.17) is 4.74 Å². The normalized spacial score (nSPS) is 11.3. The summed E-state index contributed by atoms with van der Waals surface area (Å²) in [4.78, 5) is 0.221. The lowest BCUT2D eigenvalue weighted by molar-refractivity contribution is 0.310. The van der Waals surface area contributed by atoms with Crippen molar-refractivity contribution >= 4 is 26.5 Å². The van der Waals surface area contributed by atoms with Crippen molar-refractivity contribution in [1.82, 2.24) is 0 Å². The molecule has 0 bridgehead atoms. The zero-order valence-corrected chi connectivity index (χ0v) is 15.9. The van der Waals surface area contributed by atoms with Crippen molar-refractivity contribution in [3.05, 3.63) is 103 Å². The summed E-state index contributed by atoms with van der Waals surface area (Å²) in [5.74, 6) is 0.651. The van der Waals surface area contributed by atoms with Crippen LogP contribution in [0.2, 0.25) is 0 Å². The molecule has 140 valence electrons. The van der Waals surface area contributed by atoms with Crippen molar-refractivity contribution in [2.75, 3.05) is 4.72 Å². The molecule has 0 aliphatic carbocycles. The van der Waals surface area contributed by atoms with E-state index < -0.39 is 10.0 Å². The molecule has 0 aromatic heterocycles. The van der Waals surface area contributed by atoms with E-state index in [0.29, 0.717) is 23.4 Å². The molecule has 1 N–H and O–H groups in total. The Kier molecular flexibility index (Phi) is 5.00. The molecule has 0 aliphatic heterocycles. The molecule has 0 aliphatic rings. The minimum atomic E-state index is -3.73. The highest BCUT2D eigenvalue weighted by molar-refractivity contribution is 7.93. The van der Waals surface area contributed by atoms with Crippen LogP contribution < -0.4 is 9.46 Å². The molecule has 0 saturated carbocycles. The first-order valence-corrected chi connectivity index (χ1v) is 10.4. The number of ether oxygens (including phenoxy) is 1. The van der Waals surface area contributed by atoms with Gasteiger partial charge in [-0.05, 0) is 29.8 Å². The molecular weight excluding hydrogens is 370 g/mol. The Bertz CT molecular complexity index is 1190. The largest absolute Gasteiger partial charge is 0.488 e. The Morgan fingerprint density at radius 2 is 1.29 bits per heavy atom. The van der Waals surface area contributed by atoms with Crippen LogP contribution in [0.25, 0.3) is 10.8 Å². The lowest BCUT2D eigenvalue weighted by Gasteiger charge is -2.14. The second-order valence-electron chi connectivity index (χ2n) is 6.35. The maximum Gasteiger partial charge on any atom is 0.262 e. The van der Waals surface area contributed by atoms with Gasteiger partial charge in [0.1, 0.15) is 12.4 Å². The second kappa shape index (κ2) is 7.74. The quantitative estimate of drug-likeness (QED) is 0.492. The highest BCUT2D eigenvalue weighted by atomic mass is 32.2. The Morgan fingerprint density at radius 1 is 0.679 bits per heavy atom. The van der Waals surface area contributed by atoms with Gasteiger partial charge in [-0.25, -0.2) is 8.42 Å². The molecule has 0 unspecified atom stereocenters. The van der Waals surface area contributed by atoms with Gasteiger partial charge in [0.05, 0.1) is 4.90 Å². The monoisotopic (exact) mass is 389 g/mol. The summed E-state index contributed by atoms with van der Waals surface area (Å²) in [6, 6.07) is 29.4. The van der Waals surface area contributed by atoms with Gasteiger partial charge in [-0.3, -0.25) is 4.72 Å². The molecule has 0 radical (unpaired) electrons. The zero-order chi connectivity index (χ0) is 19.4. The Hall–Kier alpha value is -3.31. The number of sulfonamides is 1. The fraction of sp³-hybridized carbons (Fsp3) is 0.0435. The van der Waals surface area contributed by atoms with Crippen molar-refractivity contribution in [1.29, 1.82) is 0 Å². The van der Waals surface area contributed by atoms with Crippen LogP contribution in [0.1, 0.15) is 5.56 Å². The van der Waals surface area contributed by atoms with Gasteiger partial charge in [0.25, 0.3) is 10.0 Å². The van der Waals surface area contributed by atoms with Gasteiger partial charge in [-0.2, -0.15) is 0 Å². The minimum Gasteiger partial charge on any atom is -0.488 e. The summed E-state index contributed by atoms with van der Waals surface area (Å²) in [5.41, 5.74) is 1.57. The number of hydrogen-bond acceptors (Lipinski definition) is 3. The molecule has 28 heavy (non-hydrogen) atoms. The molecule has 4 aromatic rings. The standard InChI is InChI=1S/C23H19NO3S/c25-28(26,24-19-11-5-2-6-12-19)23-16-15-22(20-13-7-8-14-21(20)23)27-17-18-9-3-1-4-10-18/h1-16,24H,17H2. The molecule has 0 spiro atoms. The van der Waals surface area contributed by atoms with Crippen LogP contribution in [0.4, 0.5) is 5.69 Å². The highest BCUT2D eigenvalue weighted by Crippen LogP contribution is 2.32. The van der Waals surface area contributed by atoms with Gasteiger partial charge in [0.15, 0.2) is 0 Å². The van der Waals surface area contributed by atoms with E-state index in [0.717, 1.165) is 10.9 Å². The summed E-state index contributed by atoms with van der Waals surface area (Å²) in [6.45, 7) is 0.416. The smallest absolute Gasteiger partial charge is 0.262 e. The van der Waals surface area contributed by atoms with E-state index in [1.807, 2.05) is 54.6 Å².